The van der Waals surface area contributed by atoms with Crippen molar-refractivity contribution in [1.29, 1.82) is 0 Å². The monoisotopic (exact) mass is 448 g/mol. The molecule has 0 bridgehead atoms. The van der Waals surface area contributed by atoms with Gasteiger partial charge in [0.2, 0.25) is 6.10 Å². The molecule has 0 aliphatic heterocycles. The van der Waals surface area contributed by atoms with E-state index in [0.29, 0.717) is 3.79 Å². The van der Waals surface area contributed by atoms with E-state index in [2.05, 4.69) is 36.6 Å². The van der Waals surface area contributed by atoms with Crippen LogP contribution in [0.5, 0.6) is 0 Å². The van der Waals surface area contributed by atoms with Crippen molar-refractivity contribution in [2.75, 3.05) is 6.61 Å². The zero-order chi connectivity index (χ0) is 15.7. The SMILES string of the molecule is O=C(COC(C(F)(F)F)C(F)(F)F)c1cc(Br)sc1Br. The number of alkyl halides is 6. The van der Waals surface area contributed by atoms with E-state index in [4.69, 9.17) is 0 Å². The van der Waals surface area contributed by atoms with Crippen molar-refractivity contribution < 1.29 is 35.9 Å². The third-order valence-electron chi connectivity index (χ3n) is 1.93. The van der Waals surface area contributed by atoms with Crippen molar-refractivity contribution in [3.05, 3.63) is 19.2 Å². The lowest BCUT2D eigenvalue weighted by Gasteiger charge is -2.22. The Morgan fingerprint density at radius 1 is 1.20 bits per heavy atom. The minimum atomic E-state index is -5.63. The summed E-state index contributed by atoms with van der Waals surface area (Å²) in [7, 11) is 0. The number of hydrogen-bond donors (Lipinski definition) is 0. The minimum absolute atomic E-state index is 0.0510. The third-order valence-corrected chi connectivity index (χ3v) is 4.27. The number of carbonyl (C=O) groups is 1. The number of hydrogen-bond acceptors (Lipinski definition) is 3. The molecule has 0 amide bonds. The van der Waals surface area contributed by atoms with Gasteiger partial charge in [0.25, 0.3) is 0 Å². The van der Waals surface area contributed by atoms with Gasteiger partial charge in [0.15, 0.2) is 5.78 Å². The van der Waals surface area contributed by atoms with Crippen LogP contribution in [0.1, 0.15) is 10.4 Å². The van der Waals surface area contributed by atoms with Crippen LogP contribution in [0.15, 0.2) is 13.6 Å². The number of Topliss-reactive ketones (excluding diaryl/α,β-unsaturated/α-hetero) is 1. The molecule has 114 valence electrons. The molecule has 1 rings (SSSR count). The van der Waals surface area contributed by atoms with E-state index in [9.17, 15) is 31.1 Å². The summed E-state index contributed by atoms with van der Waals surface area (Å²) in [4.78, 5) is 11.5. The number of rotatable bonds is 4. The van der Waals surface area contributed by atoms with Gasteiger partial charge in [0.05, 0.1) is 7.57 Å². The van der Waals surface area contributed by atoms with Crippen LogP contribution in [0.25, 0.3) is 0 Å². The molecule has 0 aliphatic rings. The summed E-state index contributed by atoms with van der Waals surface area (Å²) in [6, 6.07) is 1.27. The molecule has 0 aliphatic carbocycles. The average molecular weight is 450 g/mol. The fraction of sp³-hybridized carbons (Fsp3) is 0.444. The highest BCUT2D eigenvalue weighted by atomic mass is 79.9. The van der Waals surface area contributed by atoms with Crippen molar-refractivity contribution in [3.63, 3.8) is 0 Å². The highest BCUT2D eigenvalue weighted by Crippen LogP contribution is 2.36. The molecule has 0 unspecified atom stereocenters. The van der Waals surface area contributed by atoms with Crippen molar-refractivity contribution in [3.8, 4) is 0 Å². The smallest absolute Gasteiger partial charge is 0.353 e. The number of halogens is 8. The standard InChI is InChI=1S/C9H4Br2F6O2S/c10-5-1-3(6(11)20-5)4(18)2-19-7(8(12,13)14)9(15,16)17/h1,7H,2H2. The maximum atomic E-state index is 12.2. The Kier molecular flexibility index (Phi) is 5.67. The second kappa shape index (κ2) is 6.32. The second-order valence-corrected chi connectivity index (χ2v) is 7.18. The number of carbonyl (C=O) groups excluding carboxylic acids is 1. The first-order chi connectivity index (χ1) is 8.93. The number of ketones is 1. The normalized spacial score (nSPS) is 13.1. The van der Waals surface area contributed by atoms with Crippen molar-refractivity contribution in [2.45, 2.75) is 18.5 Å². The van der Waals surface area contributed by atoms with Gasteiger partial charge in [-0.3, -0.25) is 4.79 Å². The van der Waals surface area contributed by atoms with Gasteiger partial charge in [-0.2, -0.15) is 26.3 Å². The lowest BCUT2D eigenvalue weighted by atomic mass is 10.2. The Bertz CT molecular complexity index is 482. The van der Waals surface area contributed by atoms with E-state index in [1.54, 1.807) is 0 Å². The molecule has 1 aromatic heterocycles. The predicted octanol–water partition coefficient (Wildman–Crippen LogP) is 4.97. The molecular formula is C9H4Br2F6O2S. The molecule has 0 N–H and O–H groups in total. The molecule has 0 saturated carbocycles. The zero-order valence-corrected chi connectivity index (χ0v) is 13.1. The Morgan fingerprint density at radius 2 is 1.70 bits per heavy atom. The zero-order valence-electron chi connectivity index (χ0n) is 9.11. The van der Waals surface area contributed by atoms with Crippen molar-refractivity contribution >= 4 is 49.0 Å². The summed E-state index contributed by atoms with van der Waals surface area (Å²) in [5.74, 6) is -0.989. The van der Waals surface area contributed by atoms with Crippen LogP contribution in [-0.2, 0) is 4.74 Å². The molecule has 20 heavy (non-hydrogen) atoms. The van der Waals surface area contributed by atoms with Crippen LogP contribution in [0, 0.1) is 0 Å². The summed E-state index contributed by atoms with van der Waals surface area (Å²) < 4.78 is 77.6. The molecular weight excluding hydrogens is 446 g/mol. The molecule has 0 fully saturated rings. The van der Waals surface area contributed by atoms with Crippen LogP contribution in [0.4, 0.5) is 26.3 Å². The topological polar surface area (TPSA) is 26.3 Å². The summed E-state index contributed by atoms with van der Waals surface area (Å²) in [5.41, 5.74) is -0.0510. The number of ether oxygens (including phenoxy) is 1. The van der Waals surface area contributed by atoms with Crippen LogP contribution in [-0.4, -0.2) is 30.8 Å². The first kappa shape index (κ1) is 17.9. The third kappa shape index (κ3) is 4.71. The summed E-state index contributed by atoms with van der Waals surface area (Å²) in [6.45, 7) is -1.33. The largest absolute Gasteiger partial charge is 0.423 e. The lowest BCUT2D eigenvalue weighted by Crippen LogP contribution is -2.45. The van der Waals surface area contributed by atoms with Gasteiger partial charge in [-0.1, -0.05) is 0 Å². The van der Waals surface area contributed by atoms with Crippen LogP contribution >= 0.6 is 43.2 Å². The van der Waals surface area contributed by atoms with Gasteiger partial charge < -0.3 is 4.74 Å². The van der Waals surface area contributed by atoms with Gasteiger partial charge >= 0.3 is 12.4 Å². The maximum Gasteiger partial charge on any atom is 0.423 e. The highest BCUT2D eigenvalue weighted by molar-refractivity contribution is 9.12. The van der Waals surface area contributed by atoms with E-state index in [1.807, 2.05) is 0 Å². The van der Waals surface area contributed by atoms with E-state index < -0.39 is 30.8 Å². The van der Waals surface area contributed by atoms with Gasteiger partial charge in [0.1, 0.15) is 6.61 Å². The van der Waals surface area contributed by atoms with Gasteiger partial charge in [-0.15, -0.1) is 11.3 Å². The summed E-state index contributed by atoms with van der Waals surface area (Å²) in [5, 5.41) is 0. The predicted molar refractivity (Wildman–Crippen MR) is 65.9 cm³/mol. The lowest BCUT2D eigenvalue weighted by molar-refractivity contribution is -0.318. The van der Waals surface area contributed by atoms with Crippen molar-refractivity contribution in [1.82, 2.24) is 0 Å². The molecule has 0 atom stereocenters. The molecule has 0 saturated heterocycles. The fourth-order valence-corrected chi connectivity index (χ4v) is 4.00. The van der Waals surface area contributed by atoms with E-state index in [1.165, 1.54) is 6.07 Å². The maximum absolute atomic E-state index is 12.2. The molecule has 11 heteroatoms. The fourth-order valence-electron chi connectivity index (χ4n) is 1.14. The molecule has 2 nitrogen and oxygen atoms in total. The Labute approximate surface area is 129 Å². The van der Waals surface area contributed by atoms with Crippen LogP contribution in [0.2, 0.25) is 0 Å². The molecule has 0 aromatic carbocycles. The van der Waals surface area contributed by atoms with E-state index in [0.717, 1.165) is 11.3 Å². The molecule has 1 aromatic rings. The first-order valence-corrected chi connectivity index (χ1v) is 7.06. The van der Waals surface area contributed by atoms with Gasteiger partial charge in [-0.05, 0) is 37.9 Å². The summed E-state index contributed by atoms with van der Waals surface area (Å²) >= 11 is 7.06. The molecule has 0 spiro atoms. The Balaban J connectivity index is 2.79. The van der Waals surface area contributed by atoms with Gasteiger partial charge in [-0.25, -0.2) is 0 Å². The summed E-state index contributed by atoms with van der Waals surface area (Å²) in [6.07, 6.45) is -15.3. The van der Waals surface area contributed by atoms with Crippen LogP contribution in [0.3, 0.4) is 0 Å². The minimum Gasteiger partial charge on any atom is -0.353 e. The number of thiophene rings is 1. The van der Waals surface area contributed by atoms with Crippen LogP contribution < -0.4 is 0 Å². The Hall–Kier alpha value is -0.130. The van der Waals surface area contributed by atoms with E-state index in [-0.39, 0.29) is 9.35 Å². The molecule has 0 radical (unpaired) electrons. The van der Waals surface area contributed by atoms with Crippen molar-refractivity contribution in [2.24, 2.45) is 0 Å². The second-order valence-electron chi connectivity index (χ2n) is 3.44. The molecule has 1 heterocycles. The van der Waals surface area contributed by atoms with E-state index >= 15 is 0 Å². The Morgan fingerprint density at radius 3 is 2.05 bits per heavy atom. The highest BCUT2D eigenvalue weighted by Gasteiger charge is 2.58. The van der Waals surface area contributed by atoms with Gasteiger partial charge in [0, 0.05) is 5.56 Å². The average Bonchev–Trinajstić information content (AvgIpc) is 2.53. The quantitative estimate of drug-likeness (QED) is 0.479. The first-order valence-electron chi connectivity index (χ1n) is 4.66.